The van der Waals surface area contributed by atoms with E-state index in [0.29, 0.717) is 5.56 Å². The Labute approximate surface area is 129 Å². The maximum atomic E-state index is 12.3. The summed E-state index contributed by atoms with van der Waals surface area (Å²) in [5.74, 6) is 0.582. The lowest BCUT2D eigenvalue weighted by Crippen LogP contribution is -2.11. The van der Waals surface area contributed by atoms with Gasteiger partial charge >= 0.3 is 0 Å². The van der Waals surface area contributed by atoms with Gasteiger partial charge in [-0.05, 0) is 54.6 Å². The number of methoxy groups -OCH3 is 1. The number of hydrogen-bond acceptors (Lipinski definition) is 2. The van der Waals surface area contributed by atoms with E-state index in [-0.39, 0.29) is 5.91 Å². The standard InChI is InChI=1S/C18H16N2O2/c1-22-17-9-7-14(8-10-17)18(21)19-15-5-4-6-16(13-15)20-11-2-3-12-20/h2-13H,1H3,(H,19,21). The zero-order valence-corrected chi connectivity index (χ0v) is 12.2. The third-order valence-electron chi connectivity index (χ3n) is 3.36. The molecule has 0 radical (unpaired) electrons. The molecule has 0 aliphatic rings. The van der Waals surface area contributed by atoms with Crippen molar-refractivity contribution in [2.45, 2.75) is 0 Å². The normalized spacial score (nSPS) is 10.2. The van der Waals surface area contributed by atoms with Crippen LogP contribution in [0.1, 0.15) is 10.4 Å². The number of carbonyl (C=O) groups is 1. The summed E-state index contributed by atoms with van der Waals surface area (Å²) in [6, 6.07) is 18.6. The molecule has 0 bridgehead atoms. The minimum Gasteiger partial charge on any atom is -0.497 e. The van der Waals surface area contributed by atoms with Gasteiger partial charge in [-0.3, -0.25) is 4.79 Å². The van der Waals surface area contributed by atoms with Crippen molar-refractivity contribution in [1.82, 2.24) is 4.57 Å². The van der Waals surface area contributed by atoms with Crippen LogP contribution in [0, 0.1) is 0 Å². The highest BCUT2D eigenvalue weighted by Gasteiger charge is 2.07. The average molecular weight is 292 g/mol. The van der Waals surface area contributed by atoms with Gasteiger partial charge in [0, 0.05) is 29.3 Å². The summed E-state index contributed by atoms with van der Waals surface area (Å²) >= 11 is 0. The molecule has 0 atom stereocenters. The summed E-state index contributed by atoms with van der Waals surface area (Å²) in [5.41, 5.74) is 2.34. The van der Waals surface area contributed by atoms with Crippen molar-refractivity contribution >= 4 is 11.6 Å². The van der Waals surface area contributed by atoms with Crippen LogP contribution in [0.3, 0.4) is 0 Å². The zero-order chi connectivity index (χ0) is 15.4. The van der Waals surface area contributed by atoms with Gasteiger partial charge in [0.05, 0.1) is 7.11 Å². The summed E-state index contributed by atoms with van der Waals surface area (Å²) in [6.45, 7) is 0. The maximum absolute atomic E-state index is 12.3. The van der Waals surface area contributed by atoms with Crippen molar-refractivity contribution in [2.24, 2.45) is 0 Å². The molecule has 4 heteroatoms. The molecule has 0 spiro atoms. The molecule has 0 saturated heterocycles. The van der Waals surface area contributed by atoms with E-state index < -0.39 is 0 Å². The predicted octanol–water partition coefficient (Wildman–Crippen LogP) is 3.74. The summed E-state index contributed by atoms with van der Waals surface area (Å²) in [7, 11) is 1.60. The topological polar surface area (TPSA) is 43.3 Å². The van der Waals surface area contributed by atoms with Crippen LogP contribution in [0.4, 0.5) is 5.69 Å². The second-order valence-corrected chi connectivity index (χ2v) is 4.82. The minimum absolute atomic E-state index is 0.146. The highest BCUT2D eigenvalue weighted by molar-refractivity contribution is 6.04. The summed E-state index contributed by atoms with van der Waals surface area (Å²) in [6.07, 6.45) is 3.93. The number of ether oxygens (including phenoxy) is 1. The Morgan fingerprint density at radius 1 is 1.00 bits per heavy atom. The van der Waals surface area contributed by atoms with Gasteiger partial charge in [0.25, 0.3) is 5.91 Å². The van der Waals surface area contributed by atoms with E-state index in [1.165, 1.54) is 0 Å². The fourth-order valence-corrected chi connectivity index (χ4v) is 2.20. The monoisotopic (exact) mass is 292 g/mol. The third-order valence-corrected chi connectivity index (χ3v) is 3.36. The number of amides is 1. The number of rotatable bonds is 4. The van der Waals surface area contributed by atoms with E-state index in [1.807, 2.05) is 53.4 Å². The Morgan fingerprint density at radius 3 is 2.41 bits per heavy atom. The Balaban J connectivity index is 1.77. The van der Waals surface area contributed by atoms with Crippen LogP contribution in [0.15, 0.2) is 73.1 Å². The fourth-order valence-electron chi connectivity index (χ4n) is 2.20. The molecule has 0 aliphatic heterocycles. The Hall–Kier alpha value is -3.01. The SMILES string of the molecule is COc1ccc(C(=O)Nc2cccc(-n3cccc3)c2)cc1. The molecular weight excluding hydrogens is 276 g/mol. The van der Waals surface area contributed by atoms with Crippen molar-refractivity contribution in [1.29, 1.82) is 0 Å². The molecule has 4 nitrogen and oxygen atoms in total. The van der Waals surface area contributed by atoms with E-state index in [4.69, 9.17) is 4.74 Å². The molecule has 0 aliphatic carbocycles. The quantitative estimate of drug-likeness (QED) is 0.796. The molecule has 0 unspecified atom stereocenters. The first-order chi connectivity index (χ1) is 10.8. The Morgan fingerprint density at radius 2 is 1.73 bits per heavy atom. The molecule has 110 valence electrons. The van der Waals surface area contributed by atoms with Crippen LogP contribution in [0.25, 0.3) is 5.69 Å². The van der Waals surface area contributed by atoms with Gasteiger partial charge in [-0.2, -0.15) is 0 Å². The molecular formula is C18H16N2O2. The van der Waals surface area contributed by atoms with Crippen LogP contribution in [-0.4, -0.2) is 17.6 Å². The van der Waals surface area contributed by atoms with Gasteiger partial charge in [0.15, 0.2) is 0 Å². The highest BCUT2D eigenvalue weighted by atomic mass is 16.5. The van der Waals surface area contributed by atoms with Crippen LogP contribution >= 0.6 is 0 Å². The molecule has 3 rings (SSSR count). The average Bonchev–Trinajstić information content (AvgIpc) is 3.10. The number of nitrogens with zero attached hydrogens (tertiary/aromatic N) is 1. The smallest absolute Gasteiger partial charge is 0.255 e. The Bertz CT molecular complexity index is 762. The molecule has 1 N–H and O–H groups in total. The predicted molar refractivity (Wildman–Crippen MR) is 86.7 cm³/mol. The van der Waals surface area contributed by atoms with E-state index in [1.54, 1.807) is 31.4 Å². The summed E-state index contributed by atoms with van der Waals surface area (Å²) in [4.78, 5) is 12.3. The number of benzene rings is 2. The van der Waals surface area contributed by atoms with Crippen molar-refractivity contribution in [3.8, 4) is 11.4 Å². The fraction of sp³-hybridized carbons (Fsp3) is 0.0556. The van der Waals surface area contributed by atoms with E-state index in [9.17, 15) is 4.79 Å². The Kier molecular flexibility index (Phi) is 3.92. The lowest BCUT2D eigenvalue weighted by Gasteiger charge is -2.09. The van der Waals surface area contributed by atoms with E-state index in [0.717, 1.165) is 17.1 Å². The van der Waals surface area contributed by atoms with Crippen molar-refractivity contribution in [3.05, 3.63) is 78.6 Å². The molecule has 1 amide bonds. The minimum atomic E-state index is -0.146. The van der Waals surface area contributed by atoms with E-state index >= 15 is 0 Å². The van der Waals surface area contributed by atoms with Crippen LogP contribution in [0.5, 0.6) is 5.75 Å². The van der Waals surface area contributed by atoms with Crippen LogP contribution in [0.2, 0.25) is 0 Å². The number of anilines is 1. The second kappa shape index (κ2) is 6.18. The first-order valence-corrected chi connectivity index (χ1v) is 6.95. The van der Waals surface area contributed by atoms with Gasteiger partial charge in [-0.25, -0.2) is 0 Å². The van der Waals surface area contributed by atoms with Crippen molar-refractivity contribution in [2.75, 3.05) is 12.4 Å². The van der Waals surface area contributed by atoms with Crippen LogP contribution < -0.4 is 10.1 Å². The lowest BCUT2D eigenvalue weighted by molar-refractivity contribution is 0.102. The van der Waals surface area contributed by atoms with Gasteiger partial charge in [-0.1, -0.05) is 6.07 Å². The largest absolute Gasteiger partial charge is 0.497 e. The van der Waals surface area contributed by atoms with Gasteiger partial charge in [0.1, 0.15) is 5.75 Å². The second-order valence-electron chi connectivity index (χ2n) is 4.82. The molecule has 1 aromatic heterocycles. The van der Waals surface area contributed by atoms with Crippen LogP contribution in [-0.2, 0) is 0 Å². The molecule has 0 fully saturated rings. The third kappa shape index (κ3) is 3.01. The molecule has 0 saturated carbocycles. The first kappa shape index (κ1) is 13.9. The van der Waals surface area contributed by atoms with Crippen molar-refractivity contribution < 1.29 is 9.53 Å². The number of carbonyl (C=O) groups excluding carboxylic acids is 1. The molecule has 22 heavy (non-hydrogen) atoms. The first-order valence-electron chi connectivity index (χ1n) is 6.95. The summed E-state index contributed by atoms with van der Waals surface area (Å²) < 4.78 is 7.08. The van der Waals surface area contributed by atoms with E-state index in [2.05, 4.69) is 5.32 Å². The summed E-state index contributed by atoms with van der Waals surface area (Å²) in [5, 5.41) is 2.90. The molecule has 1 heterocycles. The maximum Gasteiger partial charge on any atom is 0.255 e. The highest BCUT2D eigenvalue weighted by Crippen LogP contribution is 2.17. The lowest BCUT2D eigenvalue weighted by atomic mass is 10.2. The number of nitrogens with one attached hydrogen (secondary N) is 1. The van der Waals surface area contributed by atoms with Gasteiger partial charge in [0.2, 0.25) is 0 Å². The number of aromatic nitrogens is 1. The molecule has 2 aromatic carbocycles. The van der Waals surface area contributed by atoms with Gasteiger partial charge in [-0.15, -0.1) is 0 Å². The van der Waals surface area contributed by atoms with Gasteiger partial charge < -0.3 is 14.6 Å². The van der Waals surface area contributed by atoms with Crippen molar-refractivity contribution in [3.63, 3.8) is 0 Å². The number of hydrogen-bond donors (Lipinski definition) is 1. The zero-order valence-electron chi connectivity index (χ0n) is 12.2. The molecule has 3 aromatic rings.